The van der Waals surface area contributed by atoms with Gasteiger partial charge >= 0.3 is 0 Å². The lowest BCUT2D eigenvalue weighted by molar-refractivity contribution is -0.333. The Morgan fingerprint density at radius 2 is 1.86 bits per heavy atom. The Kier molecular flexibility index (Phi) is 6.03. The molecule has 2 aliphatic rings. The van der Waals surface area contributed by atoms with Crippen LogP contribution in [-0.4, -0.2) is 48.3 Å². The molecule has 0 radical (unpaired) electrons. The van der Waals surface area contributed by atoms with Crippen molar-refractivity contribution in [2.24, 2.45) is 0 Å². The average Bonchev–Trinajstić information content (AvgIpc) is 2.73. The van der Waals surface area contributed by atoms with Crippen LogP contribution in [0.4, 0.5) is 0 Å². The summed E-state index contributed by atoms with van der Waals surface area (Å²) in [6.45, 7) is 1.59. The van der Waals surface area contributed by atoms with E-state index in [1.165, 1.54) is 6.92 Å². The maximum Gasteiger partial charge on any atom is 0.223 e. The Morgan fingerprint density at radius 1 is 1.14 bits per heavy atom. The van der Waals surface area contributed by atoms with Gasteiger partial charge in [-0.25, -0.2) is 0 Å². The summed E-state index contributed by atoms with van der Waals surface area (Å²) in [6.07, 6.45) is -3.83. The fourth-order valence-corrected chi connectivity index (χ4v) is 3.63. The summed E-state index contributed by atoms with van der Waals surface area (Å²) in [4.78, 5) is 11.7. The number of fused-ring (bicyclic) bond motifs is 1. The highest BCUT2D eigenvalue weighted by Gasteiger charge is 2.50. The maximum atomic E-state index is 11.7. The van der Waals surface area contributed by atoms with Gasteiger partial charge in [0.15, 0.2) is 6.29 Å². The Labute approximate surface area is 173 Å². The molecular formula is C21H22ClNO6. The summed E-state index contributed by atoms with van der Waals surface area (Å²) in [5, 5.41) is 14.3. The Balaban J connectivity index is 1.53. The highest BCUT2D eigenvalue weighted by Crippen LogP contribution is 2.34. The van der Waals surface area contributed by atoms with Crippen molar-refractivity contribution in [1.29, 1.82) is 0 Å². The minimum absolute atomic E-state index is 0.217. The second-order valence-corrected chi connectivity index (χ2v) is 7.44. The van der Waals surface area contributed by atoms with Crippen LogP contribution in [0.2, 0.25) is 5.02 Å². The van der Waals surface area contributed by atoms with E-state index in [-0.39, 0.29) is 12.5 Å². The molecule has 2 aromatic rings. The topological polar surface area (TPSA) is 86.3 Å². The first-order chi connectivity index (χ1) is 14.0. The van der Waals surface area contributed by atoms with Crippen molar-refractivity contribution < 1.29 is 28.8 Å². The molecule has 2 aromatic carbocycles. The van der Waals surface area contributed by atoms with Crippen LogP contribution in [-0.2, 0) is 19.0 Å². The van der Waals surface area contributed by atoms with E-state index in [1.54, 1.807) is 24.3 Å². The van der Waals surface area contributed by atoms with E-state index in [9.17, 15) is 9.90 Å². The van der Waals surface area contributed by atoms with E-state index in [0.29, 0.717) is 10.8 Å². The molecule has 8 heteroatoms. The van der Waals surface area contributed by atoms with Gasteiger partial charge in [0.25, 0.3) is 0 Å². The lowest BCUT2D eigenvalue weighted by atomic mass is 9.95. The first kappa shape index (κ1) is 20.1. The molecule has 6 atom stereocenters. The molecule has 0 bridgehead atoms. The fourth-order valence-electron chi connectivity index (χ4n) is 3.51. The predicted octanol–water partition coefficient (Wildman–Crippen LogP) is 2.42. The second-order valence-electron chi connectivity index (χ2n) is 7.01. The van der Waals surface area contributed by atoms with Crippen LogP contribution in [0, 0.1) is 0 Å². The van der Waals surface area contributed by atoms with E-state index in [4.69, 9.17) is 30.5 Å². The third kappa shape index (κ3) is 4.55. The molecule has 1 amide bonds. The number of aliphatic hydroxyl groups is 1. The molecule has 0 aromatic heterocycles. The van der Waals surface area contributed by atoms with Crippen molar-refractivity contribution in [2.45, 2.75) is 43.9 Å². The number of nitrogens with one attached hydrogen (secondary N) is 1. The molecule has 29 heavy (non-hydrogen) atoms. The Hall–Kier alpha value is -2.16. The number of halogens is 1. The molecular weight excluding hydrogens is 398 g/mol. The number of ether oxygens (including phenoxy) is 4. The number of hydrogen-bond donors (Lipinski definition) is 2. The third-order valence-electron chi connectivity index (χ3n) is 4.87. The molecule has 0 aliphatic carbocycles. The Morgan fingerprint density at radius 3 is 2.55 bits per heavy atom. The summed E-state index contributed by atoms with van der Waals surface area (Å²) in [7, 11) is 0. The van der Waals surface area contributed by atoms with Crippen LogP contribution in [0.25, 0.3) is 0 Å². The van der Waals surface area contributed by atoms with Gasteiger partial charge in [-0.15, -0.1) is 0 Å². The van der Waals surface area contributed by atoms with Gasteiger partial charge in [0.1, 0.15) is 30.1 Å². The number of rotatable bonds is 4. The molecule has 2 N–H and O–H groups in total. The molecule has 154 valence electrons. The minimum Gasteiger partial charge on any atom is -0.463 e. The lowest BCUT2D eigenvalue weighted by Crippen LogP contribution is -2.67. The highest BCUT2D eigenvalue weighted by atomic mass is 35.5. The summed E-state index contributed by atoms with van der Waals surface area (Å²) >= 11 is 5.91. The molecule has 2 fully saturated rings. The van der Waals surface area contributed by atoms with E-state index in [1.807, 2.05) is 30.3 Å². The van der Waals surface area contributed by atoms with Crippen molar-refractivity contribution in [3.05, 3.63) is 65.2 Å². The fraction of sp³-hybridized carbons (Fsp3) is 0.381. The van der Waals surface area contributed by atoms with Gasteiger partial charge in [0, 0.05) is 17.5 Å². The van der Waals surface area contributed by atoms with Crippen LogP contribution in [0.3, 0.4) is 0 Å². The number of aliphatic hydroxyl groups excluding tert-OH is 1. The Bertz CT molecular complexity index is 833. The normalized spacial score (nSPS) is 31.6. The van der Waals surface area contributed by atoms with E-state index in [0.717, 1.165) is 5.56 Å². The van der Waals surface area contributed by atoms with Crippen molar-refractivity contribution in [1.82, 2.24) is 5.32 Å². The molecule has 2 aliphatic heterocycles. The average molecular weight is 420 g/mol. The summed E-state index contributed by atoms with van der Waals surface area (Å²) < 4.78 is 23.7. The predicted molar refractivity (Wildman–Crippen MR) is 104 cm³/mol. The summed E-state index contributed by atoms with van der Waals surface area (Å²) in [6, 6.07) is 15.4. The van der Waals surface area contributed by atoms with Crippen molar-refractivity contribution in [3.8, 4) is 5.75 Å². The van der Waals surface area contributed by atoms with Gasteiger partial charge in [-0.3, -0.25) is 4.79 Å². The van der Waals surface area contributed by atoms with Gasteiger partial charge in [-0.1, -0.05) is 41.9 Å². The van der Waals surface area contributed by atoms with Crippen LogP contribution >= 0.6 is 11.6 Å². The maximum absolute atomic E-state index is 11.7. The highest BCUT2D eigenvalue weighted by molar-refractivity contribution is 6.30. The SMILES string of the molecule is CC(=O)N[C@@H]1[C@H](Oc2ccc(Cl)cc2)O[C@@H]2CO[C@H](c3ccccc3)O[C@@H]2[C@@H]1O. The summed E-state index contributed by atoms with van der Waals surface area (Å²) in [5.74, 6) is 0.188. The van der Waals surface area contributed by atoms with Gasteiger partial charge < -0.3 is 29.4 Å². The van der Waals surface area contributed by atoms with Crippen molar-refractivity contribution in [2.75, 3.05) is 6.61 Å². The zero-order valence-corrected chi connectivity index (χ0v) is 16.5. The minimum atomic E-state index is -1.05. The standard InChI is InChI=1S/C21H22ClNO6/c1-12(24)23-17-18(25)19-16(11-26-20(29-19)13-5-3-2-4-6-13)28-21(17)27-15-9-7-14(22)8-10-15/h2-10,16-21,25H,11H2,1H3,(H,23,24)/t16-,17+,18-,19+,20+,21-/m1/s1. The van der Waals surface area contributed by atoms with Crippen molar-refractivity contribution in [3.63, 3.8) is 0 Å². The number of amides is 1. The zero-order chi connectivity index (χ0) is 20.4. The van der Waals surface area contributed by atoms with Gasteiger partial charge in [-0.2, -0.15) is 0 Å². The first-order valence-electron chi connectivity index (χ1n) is 9.36. The van der Waals surface area contributed by atoms with Crippen molar-refractivity contribution >= 4 is 17.5 Å². The first-order valence-corrected chi connectivity index (χ1v) is 9.74. The van der Waals surface area contributed by atoms with Gasteiger partial charge in [-0.05, 0) is 24.3 Å². The van der Waals surface area contributed by atoms with Crippen LogP contribution < -0.4 is 10.1 Å². The summed E-state index contributed by atoms with van der Waals surface area (Å²) in [5.41, 5.74) is 0.841. The van der Waals surface area contributed by atoms with Gasteiger partial charge in [0.2, 0.25) is 12.2 Å². The van der Waals surface area contributed by atoms with Crippen LogP contribution in [0.5, 0.6) is 5.75 Å². The molecule has 4 rings (SSSR count). The number of carbonyl (C=O) groups excluding carboxylic acids is 1. The lowest BCUT2D eigenvalue weighted by Gasteiger charge is -2.47. The molecule has 7 nitrogen and oxygen atoms in total. The van der Waals surface area contributed by atoms with E-state index < -0.39 is 36.9 Å². The quantitative estimate of drug-likeness (QED) is 0.791. The number of carbonyl (C=O) groups is 1. The van der Waals surface area contributed by atoms with E-state index >= 15 is 0 Å². The molecule has 2 heterocycles. The van der Waals surface area contributed by atoms with Crippen LogP contribution in [0.15, 0.2) is 54.6 Å². The number of hydrogen-bond acceptors (Lipinski definition) is 6. The molecule has 2 saturated heterocycles. The monoisotopic (exact) mass is 419 g/mol. The number of benzene rings is 2. The molecule has 0 unspecified atom stereocenters. The largest absolute Gasteiger partial charge is 0.463 e. The zero-order valence-electron chi connectivity index (χ0n) is 15.7. The third-order valence-corrected chi connectivity index (χ3v) is 5.13. The van der Waals surface area contributed by atoms with Gasteiger partial charge in [0.05, 0.1) is 6.61 Å². The van der Waals surface area contributed by atoms with Crippen LogP contribution in [0.1, 0.15) is 18.8 Å². The molecule has 0 spiro atoms. The second kappa shape index (κ2) is 8.69. The molecule has 0 saturated carbocycles. The smallest absolute Gasteiger partial charge is 0.223 e. The van der Waals surface area contributed by atoms with E-state index in [2.05, 4.69) is 5.32 Å².